The second-order valence-electron chi connectivity index (χ2n) is 8.23. The zero-order chi connectivity index (χ0) is 25.9. The fraction of sp³-hybridized carbons (Fsp3) is 0.0714. The molecule has 1 amide bonds. The minimum absolute atomic E-state index is 0.00185. The van der Waals surface area contributed by atoms with Gasteiger partial charge in [-0.25, -0.2) is 9.78 Å². The van der Waals surface area contributed by atoms with Crippen molar-refractivity contribution < 1.29 is 19.4 Å². The maximum atomic E-state index is 12.8. The first kappa shape index (κ1) is 24.5. The summed E-state index contributed by atoms with van der Waals surface area (Å²) in [6.45, 7) is 0. The van der Waals surface area contributed by atoms with E-state index in [0.29, 0.717) is 28.1 Å². The molecule has 0 fully saturated rings. The van der Waals surface area contributed by atoms with Crippen molar-refractivity contribution in [3.63, 3.8) is 0 Å². The first-order valence-electron chi connectivity index (χ1n) is 11.3. The number of nitrogens with one attached hydrogen (secondary N) is 1. The monoisotopic (exact) mass is 531 g/mol. The number of carbonyl (C=O) groups is 2. The maximum Gasteiger partial charge on any atom is 0.326 e. The van der Waals surface area contributed by atoms with Gasteiger partial charge in [0.25, 0.3) is 5.91 Å². The van der Waals surface area contributed by atoms with Gasteiger partial charge in [-0.2, -0.15) is 0 Å². The molecule has 2 aromatic heterocycles. The van der Waals surface area contributed by atoms with Crippen LogP contribution in [0.1, 0.15) is 15.9 Å². The van der Waals surface area contributed by atoms with Crippen LogP contribution in [0.2, 0.25) is 10.0 Å². The number of carboxylic acids is 1. The predicted molar refractivity (Wildman–Crippen MR) is 143 cm³/mol. The Morgan fingerprint density at radius 3 is 2.41 bits per heavy atom. The molecular weight excluding hydrogens is 513 g/mol. The third-order valence-electron chi connectivity index (χ3n) is 5.88. The van der Waals surface area contributed by atoms with Gasteiger partial charge in [-0.1, -0.05) is 59.6 Å². The normalized spacial score (nSPS) is 11.8. The molecule has 37 heavy (non-hydrogen) atoms. The van der Waals surface area contributed by atoms with E-state index in [1.54, 1.807) is 36.7 Å². The zero-order valence-electron chi connectivity index (χ0n) is 19.2. The van der Waals surface area contributed by atoms with Crippen molar-refractivity contribution in [3.8, 4) is 11.6 Å². The molecule has 5 aromatic rings. The van der Waals surface area contributed by atoms with Crippen molar-refractivity contribution in [2.24, 2.45) is 0 Å². The molecule has 5 rings (SSSR count). The second kappa shape index (κ2) is 10.4. The first-order chi connectivity index (χ1) is 17.9. The van der Waals surface area contributed by atoms with Crippen LogP contribution in [0.5, 0.6) is 11.6 Å². The highest BCUT2D eigenvalue weighted by Crippen LogP contribution is 2.33. The van der Waals surface area contributed by atoms with Crippen LogP contribution in [0.25, 0.3) is 21.7 Å². The van der Waals surface area contributed by atoms with Crippen LogP contribution < -0.4 is 10.1 Å². The van der Waals surface area contributed by atoms with E-state index in [0.717, 1.165) is 10.8 Å². The Balaban J connectivity index is 1.46. The van der Waals surface area contributed by atoms with Crippen LogP contribution in [0.3, 0.4) is 0 Å². The number of aromatic nitrogens is 2. The van der Waals surface area contributed by atoms with Crippen LogP contribution >= 0.6 is 23.2 Å². The number of benzene rings is 3. The third kappa shape index (κ3) is 5.05. The van der Waals surface area contributed by atoms with Gasteiger partial charge in [0.05, 0.1) is 15.6 Å². The number of carboxylic acid groups (broad SMARTS) is 1. The molecule has 7 nitrogen and oxygen atoms in total. The summed E-state index contributed by atoms with van der Waals surface area (Å²) >= 11 is 12.3. The number of hydrogen-bond donors (Lipinski definition) is 2. The lowest BCUT2D eigenvalue weighted by Crippen LogP contribution is -2.42. The lowest BCUT2D eigenvalue weighted by atomic mass is 10.00. The molecule has 1 atom stereocenters. The highest BCUT2D eigenvalue weighted by molar-refractivity contribution is 6.39. The summed E-state index contributed by atoms with van der Waals surface area (Å²) in [5.74, 6) is -0.965. The number of nitrogens with zero attached hydrogens (tertiary/aromatic N) is 2. The van der Waals surface area contributed by atoms with E-state index in [9.17, 15) is 14.7 Å². The number of ether oxygens (including phenoxy) is 1. The largest absolute Gasteiger partial charge is 0.480 e. The number of fused-ring (bicyclic) bond motifs is 2. The van der Waals surface area contributed by atoms with Crippen molar-refractivity contribution in [3.05, 3.63) is 106 Å². The fourth-order valence-corrected chi connectivity index (χ4v) is 4.68. The number of rotatable bonds is 7. The standard InChI is InChI=1S/C28H19Cl2N3O4/c29-20-8-3-9-21(30)24(20)26(34)33-22(28(35)36)15-17-10-11-23(25-18(17)7-4-13-31-25)37-27-19-6-2-1-5-16(19)12-14-32-27/h1-14,22H,15H2,(H,33,34)(H,35,36)/t22-/m0/s1. The van der Waals surface area contributed by atoms with E-state index >= 15 is 0 Å². The number of carbonyl (C=O) groups excluding carboxylic acids is 1. The van der Waals surface area contributed by atoms with Gasteiger partial charge in [0, 0.05) is 29.6 Å². The summed E-state index contributed by atoms with van der Waals surface area (Å²) in [6.07, 6.45) is 3.30. The molecule has 0 aliphatic rings. The highest BCUT2D eigenvalue weighted by Gasteiger charge is 2.25. The second-order valence-corrected chi connectivity index (χ2v) is 9.04. The van der Waals surface area contributed by atoms with Gasteiger partial charge in [0.2, 0.25) is 5.88 Å². The lowest BCUT2D eigenvalue weighted by Gasteiger charge is -2.18. The van der Waals surface area contributed by atoms with Gasteiger partial charge in [0.15, 0.2) is 5.75 Å². The zero-order valence-corrected chi connectivity index (χ0v) is 20.7. The summed E-state index contributed by atoms with van der Waals surface area (Å²) in [5, 5.41) is 15.2. The summed E-state index contributed by atoms with van der Waals surface area (Å²) in [7, 11) is 0. The quantitative estimate of drug-likeness (QED) is 0.255. The Kier molecular flexibility index (Phi) is 6.90. The number of hydrogen-bond acceptors (Lipinski definition) is 5. The van der Waals surface area contributed by atoms with E-state index in [4.69, 9.17) is 27.9 Å². The smallest absolute Gasteiger partial charge is 0.326 e. The van der Waals surface area contributed by atoms with Crippen LogP contribution in [0.4, 0.5) is 0 Å². The van der Waals surface area contributed by atoms with E-state index in [-0.39, 0.29) is 22.0 Å². The number of halogens is 2. The van der Waals surface area contributed by atoms with Gasteiger partial charge in [0.1, 0.15) is 11.6 Å². The molecule has 3 aromatic carbocycles. The minimum atomic E-state index is -1.24. The Morgan fingerprint density at radius 1 is 0.865 bits per heavy atom. The van der Waals surface area contributed by atoms with Crippen molar-refractivity contribution >= 4 is 56.8 Å². The van der Waals surface area contributed by atoms with E-state index in [1.165, 1.54) is 12.1 Å². The molecule has 9 heteroatoms. The molecule has 0 unspecified atom stereocenters. The van der Waals surface area contributed by atoms with E-state index in [2.05, 4.69) is 15.3 Å². The van der Waals surface area contributed by atoms with Crippen molar-refractivity contribution in [1.29, 1.82) is 0 Å². The molecule has 0 saturated carbocycles. The van der Waals surface area contributed by atoms with Crippen LogP contribution in [-0.2, 0) is 11.2 Å². The van der Waals surface area contributed by atoms with Crippen LogP contribution in [0.15, 0.2) is 85.2 Å². The Labute approximate surface area is 221 Å². The average Bonchev–Trinajstić information content (AvgIpc) is 2.89. The molecule has 0 saturated heterocycles. The Bertz CT molecular complexity index is 1630. The molecule has 184 valence electrons. The molecule has 0 bridgehead atoms. The van der Waals surface area contributed by atoms with Crippen LogP contribution in [0, 0.1) is 0 Å². The highest BCUT2D eigenvalue weighted by atomic mass is 35.5. The fourth-order valence-electron chi connectivity index (χ4n) is 4.11. The topological polar surface area (TPSA) is 101 Å². The summed E-state index contributed by atoms with van der Waals surface area (Å²) in [6, 6.07) is 20.1. The molecule has 0 aliphatic heterocycles. The molecule has 2 N–H and O–H groups in total. The molecule has 2 heterocycles. The summed E-state index contributed by atoms with van der Waals surface area (Å²) in [4.78, 5) is 33.8. The van der Waals surface area contributed by atoms with Crippen LogP contribution in [-0.4, -0.2) is 33.0 Å². The van der Waals surface area contributed by atoms with Crippen molar-refractivity contribution in [2.75, 3.05) is 0 Å². The predicted octanol–water partition coefficient (Wildman–Crippen LogP) is 6.31. The average molecular weight is 532 g/mol. The number of amides is 1. The minimum Gasteiger partial charge on any atom is -0.480 e. The Hall–Kier alpha value is -4.20. The van der Waals surface area contributed by atoms with Gasteiger partial charge in [-0.05, 0) is 47.3 Å². The van der Waals surface area contributed by atoms with Gasteiger partial charge in [-0.15, -0.1) is 0 Å². The molecular formula is C28H19Cl2N3O4. The van der Waals surface area contributed by atoms with Crippen molar-refractivity contribution in [2.45, 2.75) is 12.5 Å². The molecule has 0 spiro atoms. The van der Waals surface area contributed by atoms with E-state index < -0.39 is 17.9 Å². The van der Waals surface area contributed by atoms with Gasteiger partial charge >= 0.3 is 5.97 Å². The SMILES string of the molecule is O=C(N[C@@H](Cc1ccc(Oc2nccc3ccccc23)c2ncccc12)C(=O)O)c1c(Cl)cccc1Cl. The van der Waals surface area contributed by atoms with Crippen molar-refractivity contribution in [1.82, 2.24) is 15.3 Å². The molecule has 0 radical (unpaired) electrons. The third-order valence-corrected chi connectivity index (χ3v) is 6.51. The van der Waals surface area contributed by atoms with Gasteiger partial charge in [-0.3, -0.25) is 9.78 Å². The number of aliphatic carboxylic acids is 1. The first-order valence-corrected chi connectivity index (χ1v) is 12.0. The summed E-state index contributed by atoms with van der Waals surface area (Å²) in [5.41, 5.74) is 1.23. The number of pyridine rings is 2. The lowest BCUT2D eigenvalue weighted by molar-refractivity contribution is -0.139. The van der Waals surface area contributed by atoms with E-state index in [1.807, 2.05) is 36.4 Å². The molecule has 0 aliphatic carbocycles. The maximum absolute atomic E-state index is 12.8. The van der Waals surface area contributed by atoms with Gasteiger partial charge < -0.3 is 15.2 Å². The Morgan fingerprint density at radius 2 is 1.62 bits per heavy atom. The summed E-state index contributed by atoms with van der Waals surface area (Å²) < 4.78 is 6.17.